The number of hydrogen-bond acceptors (Lipinski definition) is 3. The minimum Gasteiger partial charge on any atom is -0.367 e. The number of hydrogen-bond donors (Lipinski definition) is 1. The molecule has 0 aliphatic heterocycles. The number of ether oxygens (including phenoxy) is 1. The average molecular weight is 178 g/mol. The quantitative estimate of drug-likeness (QED) is 0.498. The molecule has 0 aliphatic rings. The third-order valence-electron chi connectivity index (χ3n) is 1.14. The van der Waals surface area contributed by atoms with Crippen LogP contribution in [-0.2, 0) is 13.8 Å². The molecule has 0 fully saturated rings. The third kappa shape index (κ3) is 5.45. The summed E-state index contributed by atoms with van der Waals surface area (Å²) in [5, 5.41) is 0. The zero-order chi connectivity index (χ0) is 8.91. The highest BCUT2D eigenvalue weighted by atomic mass is 31.2. The van der Waals surface area contributed by atoms with Gasteiger partial charge in [-0.25, -0.2) is 0 Å². The molecule has 0 rings (SSSR count). The van der Waals surface area contributed by atoms with E-state index in [4.69, 9.17) is 17.5 Å². The van der Waals surface area contributed by atoms with E-state index in [1.165, 1.54) is 0 Å². The summed E-state index contributed by atoms with van der Waals surface area (Å²) >= 11 is 0. The smallest absolute Gasteiger partial charge is 0.353 e. The van der Waals surface area contributed by atoms with E-state index < -0.39 is 7.60 Å². The maximum absolute atomic E-state index is 10.8. The minimum absolute atomic E-state index is 0.217. The Morgan fingerprint density at radius 1 is 1.73 bits per heavy atom. The topological polar surface area (TPSA) is 55.8 Å². The Balaban J connectivity index is 3.61. The van der Waals surface area contributed by atoms with Gasteiger partial charge in [0.05, 0.1) is 7.85 Å². The van der Waals surface area contributed by atoms with Crippen LogP contribution in [0.25, 0.3) is 0 Å². The lowest BCUT2D eigenvalue weighted by atomic mass is 10.0. The summed E-state index contributed by atoms with van der Waals surface area (Å²) in [4.78, 5) is 8.84. The van der Waals surface area contributed by atoms with Crippen molar-refractivity contribution in [3.05, 3.63) is 0 Å². The maximum atomic E-state index is 10.8. The van der Waals surface area contributed by atoms with Crippen molar-refractivity contribution in [2.75, 3.05) is 13.5 Å². The van der Waals surface area contributed by atoms with Crippen molar-refractivity contribution in [1.82, 2.24) is 0 Å². The van der Waals surface area contributed by atoms with E-state index in [1.807, 2.05) is 0 Å². The molecule has 6 heteroatoms. The molecule has 0 saturated heterocycles. The molecule has 4 nitrogen and oxygen atoms in total. The molecule has 0 heterocycles. The van der Waals surface area contributed by atoms with E-state index in [2.05, 4.69) is 4.52 Å². The Bertz CT molecular complexity index is 151. The predicted molar refractivity (Wildman–Crippen MR) is 42.8 cm³/mol. The normalized spacial score (nSPS) is 19.2. The molecule has 0 aliphatic carbocycles. The first-order valence-electron chi connectivity index (χ1n) is 3.21. The molecule has 1 N–H and O–H groups in total. The van der Waals surface area contributed by atoms with Crippen molar-refractivity contribution in [1.29, 1.82) is 0 Å². The largest absolute Gasteiger partial charge is 0.367 e. The van der Waals surface area contributed by atoms with Gasteiger partial charge in [0.2, 0.25) is 0 Å². The molecule has 0 aromatic rings. The Labute approximate surface area is 67.8 Å². The molecule has 0 aromatic heterocycles. The van der Waals surface area contributed by atoms with E-state index in [1.54, 1.807) is 6.92 Å². The van der Waals surface area contributed by atoms with Gasteiger partial charge in [0.1, 0.15) is 6.35 Å². The first-order valence-corrected chi connectivity index (χ1v) is 4.97. The van der Waals surface area contributed by atoms with E-state index >= 15 is 0 Å². The van der Waals surface area contributed by atoms with Gasteiger partial charge in [-0.05, 0) is 6.92 Å². The summed E-state index contributed by atoms with van der Waals surface area (Å²) in [5.41, 5.74) is 0. The summed E-state index contributed by atoms with van der Waals surface area (Å²) in [6.07, 6.45) is -0.198. The predicted octanol–water partition coefficient (Wildman–Crippen LogP) is 0.768. The molecular formula is C5H12BO4P. The molecule has 0 bridgehead atoms. The van der Waals surface area contributed by atoms with Gasteiger partial charge in [0.15, 0.2) is 0 Å². The summed E-state index contributed by atoms with van der Waals surface area (Å²) < 4.78 is 19.9. The lowest BCUT2D eigenvalue weighted by Crippen LogP contribution is -2.08. The maximum Gasteiger partial charge on any atom is 0.353 e. The molecule has 2 radical (unpaired) electrons. The Morgan fingerprint density at radius 2 is 2.27 bits per heavy atom. The van der Waals surface area contributed by atoms with Crippen LogP contribution in [-0.4, -0.2) is 32.3 Å². The highest BCUT2D eigenvalue weighted by Crippen LogP contribution is 2.40. The summed E-state index contributed by atoms with van der Waals surface area (Å²) in [6.45, 7) is 1.72. The van der Waals surface area contributed by atoms with Gasteiger partial charge in [-0.15, -0.1) is 0 Å². The zero-order valence-corrected chi connectivity index (χ0v) is 7.58. The molecular weight excluding hydrogens is 166 g/mol. The molecule has 2 unspecified atom stereocenters. The highest BCUT2D eigenvalue weighted by Gasteiger charge is 2.17. The molecule has 0 aromatic carbocycles. The molecule has 0 amide bonds. The van der Waals surface area contributed by atoms with Gasteiger partial charge < -0.3 is 14.2 Å². The minimum atomic E-state index is -3.52. The monoisotopic (exact) mass is 178 g/mol. The van der Waals surface area contributed by atoms with Crippen molar-refractivity contribution in [3.8, 4) is 0 Å². The van der Waals surface area contributed by atoms with Crippen LogP contribution in [0.5, 0.6) is 0 Å². The fourth-order valence-electron chi connectivity index (χ4n) is 0.342. The Hall–Kier alpha value is 0.175. The van der Waals surface area contributed by atoms with E-state index in [0.717, 1.165) is 7.11 Å². The fraction of sp³-hybridized carbons (Fsp3) is 1.00. The number of rotatable bonds is 5. The van der Waals surface area contributed by atoms with Crippen LogP contribution in [0, 0.1) is 0 Å². The SMILES string of the molecule is [B]CC(C)OCP(=O)(O)OC. The van der Waals surface area contributed by atoms with E-state index in [-0.39, 0.29) is 12.5 Å². The lowest BCUT2D eigenvalue weighted by molar-refractivity contribution is 0.0992. The van der Waals surface area contributed by atoms with Gasteiger partial charge in [-0.2, -0.15) is 0 Å². The van der Waals surface area contributed by atoms with Crippen LogP contribution >= 0.6 is 7.60 Å². The fourth-order valence-corrected chi connectivity index (χ4v) is 0.890. The van der Waals surface area contributed by atoms with E-state index in [9.17, 15) is 4.57 Å². The molecule has 0 saturated carbocycles. The first-order chi connectivity index (χ1) is 5.02. The standard InChI is InChI=1S/C5H12BO4P/c1-5(3-6)10-4-11(7,8)9-2/h5H,3-4H2,1-2H3,(H,7,8). The Morgan fingerprint density at radius 3 is 2.64 bits per heavy atom. The van der Waals surface area contributed by atoms with Crippen LogP contribution in [0.2, 0.25) is 6.32 Å². The average Bonchev–Trinajstić information content (AvgIpc) is 2.00. The van der Waals surface area contributed by atoms with Gasteiger partial charge in [-0.3, -0.25) is 4.57 Å². The van der Waals surface area contributed by atoms with Crippen molar-refractivity contribution >= 4 is 15.4 Å². The molecule has 64 valence electrons. The van der Waals surface area contributed by atoms with Gasteiger partial charge in [-0.1, -0.05) is 6.32 Å². The van der Waals surface area contributed by atoms with E-state index in [0.29, 0.717) is 6.32 Å². The van der Waals surface area contributed by atoms with Crippen LogP contribution in [0.15, 0.2) is 0 Å². The summed E-state index contributed by atoms with van der Waals surface area (Å²) in [5.74, 6) is 0. The van der Waals surface area contributed by atoms with Gasteiger partial charge >= 0.3 is 7.60 Å². The first kappa shape index (κ1) is 11.2. The molecule has 2 atom stereocenters. The van der Waals surface area contributed by atoms with Crippen LogP contribution in [0.1, 0.15) is 6.92 Å². The van der Waals surface area contributed by atoms with Crippen molar-refractivity contribution < 1.29 is 18.7 Å². The van der Waals surface area contributed by atoms with Crippen molar-refractivity contribution in [3.63, 3.8) is 0 Å². The highest BCUT2D eigenvalue weighted by molar-refractivity contribution is 7.52. The van der Waals surface area contributed by atoms with Gasteiger partial charge in [0.25, 0.3) is 0 Å². The van der Waals surface area contributed by atoms with Crippen LogP contribution in [0.3, 0.4) is 0 Å². The zero-order valence-electron chi connectivity index (χ0n) is 6.69. The molecule has 0 spiro atoms. The Kier molecular flexibility index (Phi) is 5.01. The second-order valence-corrected chi connectivity index (χ2v) is 4.06. The van der Waals surface area contributed by atoms with Crippen molar-refractivity contribution in [2.45, 2.75) is 19.3 Å². The lowest BCUT2D eigenvalue weighted by Gasteiger charge is -2.13. The molecule has 11 heavy (non-hydrogen) atoms. The van der Waals surface area contributed by atoms with Gasteiger partial charge in [0, 0.05) is 13.2 Å². The summed E-state index contributed by atoms with van der Waals surface area (Å²) in [7, 11) is 2.85. The second kappa shape index (κ2) is 4.93. The summed E-state index contributed by atoms with van der Waals surface area (Å²) in [6, 6.07) is 0. The van der Waals surface area contributed by atoms with Crippen molar-refractivity contribution in [2.24, 2.45) is 0 Å². The van der Waals surface area contributed by atoms with Crippen LogP contribution < -0.4 is 0 Å². The van der Waals surface area contributed by atoms with Crippen LogP contribution in [0.4, 0.5) is 0 Å². The third-order valence-corrected chi connectivity index (χ3v) is 2.19. The second-order valence-electron chi connectivity index (χ2n) is 2.16.